The van der Waals surface area contributed by atoms with Crippen molar-refractivity contribution in [3.63, 3.8) is 0 Å². The topological polar surface area (TPSA) is 29.5 Å². The Kier molecular flexibility index (Phi) is 4.59. The summed E-state index contributed by atoms with van der Waals surface area (Å²) in [6.07, 6.45) is 0. The number of hydrogen-bond donors (Lipinski definition) is 1. The number of benzene rings is 2. The lowest BCUT2D eigenvalue weighted by Crippen LogP contribution is -1.89. The Morgan fingerprint density at radius 3 is 1.84 bits per heavy atom. The minimum atomic E-state index is 0.0379. The summed E-state index contributed by atoms with van der Waals surface area (Å²) in [5.74, 6) is 0.447. The minimum Gasteiger partial charge on any atom is -0.508 e. The molecular formula is C12H5Cl5O2. The van der Waals surface area contributed by atoms with E-state index in [1.54, 1.807) is 12.1 Å². The van der Waals surface area contributed by atoms with Crippen LogP contribution >= 0.6 is 58.0 Å². The average Bonchev–Trinajstić information content (AvgIpc) is 2.39. The monoisotopic (exact) mass is 356 g/mol. The molecule has 0 saturated carbocycles. The zero-order valence-corrected chi connectivity index (χ0v) is 12.8. The van der Waals surface area contributed by atoms with Crippen molar-refractivity contribution in [3.05, 3.63) is 49.4 Å². The Morgan fingerprint density at radius 1 is 0.789 bits per heavy atom. The smallest absolute Gasteiger partial charge is 0.167 e. The van der Waals surface area contributed by atoms with Crippen LogP contribution in [-0.2, 0) is 0 Å². The molecule has 0 saturated heterocycles. The highest BCUT2D eigenvalue weighted by molar-refractivity contribution is 6.55. The zero-order valence-electron chi connectivity index (χ0n) is 9.05. The number of halogens is 5. The number of aromatic hydroxyl groups is 1. The summed E-state index contributed by atoms with van der Waals surface area (Å²) in [7, 11) is 0. The first-order chi connectivity index (χ1) is 8.91. The highest BCUT2D eigenvalue weighted by Gasteiger charge is 2.21. The molecular weight excluding hydrogens is 353 g/mol. The fraction of sp³-hybridized carbons (Fsp3) is 0. The first-order valence-corrected chi connectivity index (χ1v) is 6.79. The average molecular weight is 358 g/mol. The molecule has 0 amide bonds. The van der Waals surface area contributed by atoms with Crippen LogP contribution < -0.4 is 4.74 Å². The van der Waals surface area contributed by atoms with Gasteiger partial charge in [0.25, 0.3) is 0 Å². The largest absolute Gasteiger partial charge is 0.508 e. The predicted molar refractivity (Wildman–Crippen MR) is 79.7 cm³/mol. The summed E-state index contributed by atoms with van der Waals surface area (Å²) in [6, 6.07) is 6.11. The van der Waals surface area contributed by atoms with E-state index < -0.39 is 0 Å². The molecule has 7 heteroatoms. The number of phenolic OH excluding ortho intramolecular Hbond substituents is 1. The number of ether oxygens (including phenoxy) is 1. The molecule has 2 rings (SSSR count). The van der Waals surface area contributed by atoms with Crippen LogP contribution in [-0.4, -0.2) is 5.11 Å². The third-order valence-corrected chi connectivity index (χ3v) is 4.45. The van der Waals surface area contributed by atoms with E-state index in [-0.39, 0.29) is 36.6 Å². The van der Waals surface area contributed by atoms with Crippen molar-refractivity contribution >= 4 is 58.0 Å². The van der Waals surface area contributed by atoms with Crippen LogP contribution in [0.3, 0.4) is 0 Å². The molecule has 100 valence electrons. The van der Waals surface area contributed by atoms with Crippen LogP contribution in [0.2, 0.25) is 25.1 Å². The van der Waals surface area contributed by atoms with Crippen molar-refractivity contribution in [1.29, 1.82) is 0 Å². The summed E-state index contributed by atoms with van der Waals surface area (Å²) in [6.45, 7) is 0. The molecule has 0 atom stereocenters. The Labute approximate surface area is 134 Å². The molecule has 0 radical (unpaired) electrons. The Hall–Kier alpha value is -0.510. The van der Waals surface area contributed by atoms with Crippen molar-refractivity contribution in [3.8, 4) is 17.2 Å². The molecule has 0 aliphatic rings. The quantitative estimate of drug-likeness (QED) is 0.494. The summed E-state index contributed by atoms with van der Waals surface area (Å²) in [5, 5.41) is 9.61. The van der Waals surface area contributed by atoms with Crippen LogP contribution in [0.4, 0.5) is 0 Å². The predicted octanol–water partition coefficient (Wildman–Crippen LogP) is 6.45. The number of hydrogen-bond acceptors (Lipinski definition) is 2. The molecule has 2 aromatic carbocycles. The van der Waals surface area contributed by atoms with E-state index in [0.717, 1.165) is 0 Å². The second-order valence-electron chi connectivity index (χ2n) is 3.50. The molecule has 1 N–H and O–H groups in total. The van der Waals surface area contributed by atoms with Gasteiger partial charge in [0.2, 0.25) is 0 Å². The normalized spacial score (nSPS) is 10.6. The van der Waals surface area contributed by atoms with Gasteiger partial charge in [-0.05, 0) is 12.1 Å². The maximum Gasteiger partial charge on any atom is 0.167 e. The zero-order chi connectivity index (χ0) is 14.2. The van der Waals surface area contributed by atoms with E-state index in [2.05, 4.69) is 0 Å². The van der Waals surface area contributed by atoms with Gasteiger partial charge in [-0.15, -0.1) is 0 Å². The van der Waals surface area contributed by atoms with Crippen LogP contribution in [0, 0.1) is 0 Å². The van der Waals surface area contributed by atoms with Crippen molar-refractivity contribution < 1.29 is 9.84 Å². The SMILES string of the molecule is Oc1cccc(Oc2c(Cl)c(Cl)c(Cl)c(Cl)c2Cl)c1. The molecule has 0 aromatic heterocycles. The standard InChI is InChI=1S/C12H5Cl5O2/c13-7-8(14)10(16)12(11(17)9(7)15)19-6-3-1-2-5(18)4-6/h1-4,18H. The lowest BCUT2D eigenvalue weighted by Gasteiger charge is -2.13. The molecule has 2 nitrogen and oxygen atoms in total. The van der Waals surface area contributed by atoms with E-state index in [4.69, 9.17) is 62.7 Å². The van der Waals surface area contributed by atoms with Crippen molar-refractivity contribution in [1.82, 2.24) is 0 Å². The van der Waals surface area contributed by atoms with Crippen molar-refractivity contribution in [2.75, 3.05) is 0 Å². The maximum absolute atomic E-state index is 9.36. The Bertz CT molecular complexity index is 613. The molecule has 0 aliphatic heterocycles. The number of rotatable bonds is 2. The fourth-order valence-electron chi connectivity index (χ4n) is 1.34. The van der Waals surface area contributed by atoms with E-state index in [1.165, 1.54) is 12.1 Å². The van der Waals surface area contributed by atoms with Gasteiger partial charge in [-0.1, -0.05) is 64.1 Å². The van der Waals surface area contributed by atoms with E-state index in [9.17, 15) is 5.11 Å². The Morgan fingerprint density at radius 2 is 1.32 bits per heavy atom. The first kappa shape index (κ1) is 14.9. The van der Waals surface area contributed by atoms with Crippen molar-refractivity contribution in [2.45, 2.75) is 0 Å². The van der Waals surface area contributed by atoms with E-state index in [1.807, 2.05) is 0 Å². The summed E-state index contributed by atoms with van der Waals surface area (Å²) < 4.78 is 5.49. The van der Waals surface area contributed by atoms with Gasteiger partial charge in [0.1, 0.15) is 21.5 Å². The highest BCUT2D eigenvalue weighted by atomic mass is 35.5. The summed E-state index contributed by atoms with van der Waals surface area (Å²) in [5.41, 5.74) is 0. The van der Waals surface area contributed by atoms with Gasteiger partial charge in [0, 0.05) is 6.07 Å². The summed E-state index contributed by atoms with van der Waals surface area (Å²) >= 11 is 29.7. The van der Waals surface area contributed by atoms with Gasteiger partial charge in [-0.2, -0.15) is 0 Å². The van der Waals surface area contributed by atoms with Crippen LogP contribution in [0.5, 0.6) is 17.2 Å². The van der Waals surface area contributed by atoms with E-state index in [0.29, 0.717) is 5.75 Å². The maximum atomic E-state index is 9.36. The van der Waals surface area contributed by atoms with Gasteiger partial charge in [-0.25, -0.2) is 0 Å². The third kappa shape index (κ3) is 2.99. The molecule has 0 unspecified atom stereocenters. The summed E-state index contributed by atoms with van der Waals surface area (Å²) in [4.78, 5) is 0. The molecule has 0 spiro atoms. The third-order valence-electron chi connectivity index (χ3n) is 2.21. The van der Waals surface area contributed by atoms with E-state index >= 15 is 0 Å². The fourth-order valence-corrected chi connectivity index (χ4v) is 2.54. The van der Waals surface area contributed by atoms with Gasteiger partial charge in [-0.3, -0.25) is 0 Å². The second-order valence-corrected chi connectivity index (χ2v) is 5.39. The molecule has 2 aromatic rings. The van der Waals surface area contributed by atoms with Crippen LogP contribution in [0.25, 0.3) is 0 Å². The lowest BCUT2D eigenvalue weighted by molar-refractivity contribution is 0.455. The van der Waals surface area contributed by atoms with Crippen LogP contribution in [0.15, 0.2) is 24.3 Å². The molecule has 19 heavy (non-hydrogen) atoms. The molecule has 0 bridgehead atoms. The van der Waals surface area contributed by atoms with Gasteiger partial charge in [0.15, 0.2) is 5.75 Å². The van der Waals surface area contributed by atoms with Gasteiger partial charge >= 0.3 is 0 Å². The molecule has 0 aliphatic carbocycles. The van der Waals surface area contributed by atoms with Crippen LogP contribution in [0.1, 0.15) is 0 Å². The Balaban J connectivity index is 2.52. The second kappa shape index (κ2) is 5.86. The van der Waals surface area contributed by atoms with Crippen molar-refractivity contribution in [2.24, 2.45) is 0 Å². The van der Waals surface area contributed by atoms with Gasteiger partial charge < -0.3 is 9.84 Å². The molecule has 0 fully saturated rings. The lowest BCUT2D eigenvalue weighted by atomic mass is 10.3. The molecule has 0 heterocycles. The highest BCUT2D eigenvalue weighted by Crippen LogP contribution is 2.49. The first-order valence-electron chi connectivity index (χ1n) is 4.90. The van der Waals surface area contributed by atoms with Gasteiger partial charge in [0.05, 0.1) is 15.1 Å². The minimum absolute atomic E-state index is 0.0379. The number of phenols is 1.